The Hall–Kier alpha value is -2.25. The SMILES string of the molecule is CCC[CH]c1c(C(F)(F)C(F)(F)C(F)(F)F)cc(C(F)(F)C(F)(F)C(F)(F)F)cc1C(F)(F)C(F)(F)C(F)(F)F. The molecule has 0 unspecified atom stereocenters. The molecule has 0 atom stereocenters. The number of unbranched alkanes of at least 4 members (excludes halogenated alkanes) is 1. The number of hydrogen-bond donors (Lipinski definition) is 0. The normalized spacial score (nSPS) is 15.6. The maximum Gasteiger partial charge on any atom is 0.460 e. The lowest BCUT2D eigenvalue weighted by molar-refractivity contribution is -0.362. The minimum atomic E-state index is -7.58. The first-order valence-corrected chi connectivity index (χ1v) is 9.78. The fourth-order valence-corrected chi connectivity index (χ4v) is 2.92. The van der Waals surface area contributed by atoms with Gasteiger partial charge in [-0.05, 0) is 30.5 Å². The Kier molecular flexibility index (Phi) is 8.89. The van der Waals surface area contributed by atoms with Crippen molar-refractivity contribution in [2.45, 2.75) is 73.8 Å². The van der Waals surface area contributed by atoms with Gasteiger partial charge in [-0.2, -0.15) is 92.2 Å². The lowest BCUT2D eigenvalue weighted by Gasteiger charge is -2.35. The Morgan fingerprint density at radius 1 is 0.475 bits per heavy atom. The van der Waals surface area contributed by atoms with Gasteiger partial charge in [-0.3, -0.25) is 0 Å². The zero-order valence-electron chi connectivity index (χ0n) is 18.6. The highest BCUT2D eigenvalue weighted by atomic mass is 19.4. The predicted molar refractivity (Wildman–Crippen MR) is 89.4 cm³/mol. The van der Waals surface area contributed by atoms with Crippen molar-refractivity contribution in [1.29, 1.82) is 0 Å². The minimum Gasteiger partial charge on any atom is -0.194 e. The third-order valence-electron chi connectivity index (χ3n) is 5.11. The van der Waals surface area contributed by atoms with Gasteiger partial charge in [-0.1, -0.05) is 13.3 Å². The zero-order chi connectivity index (χ0) is 32.3. The van der Waals surface area contributed by atoms with Crippen LogP contribution in [0.5, 0.6) is 0 Å². The predicted octanol–water partition coefficient (Wildman–Crippen LogP) is 9.91. The average Bonchev–Trinajstić information content (AvgIpc) is 2.74. The second kappa shape index (κ2) is 9.94. The molecule has 0 aliphatic carbocycles. The van der Waals surface area contributed by atoms with Gasteiger partial charge in [-0.25, -0.2) is 0 Å². The van der Waals surface area contributed by atoms with Crippen LogP contribution in [0.15, 0.2) is 12.1 Å². The van der Waals surface area contributed by atoms with Gasteiger partial charge in [0.15, 0.2) is 0 Å². The fraction of sp³-hybridized carbons (Fsp3) is 0.632. The molecule has 0 fully saturated rings. The van der Waals surface area contributed by atoms with E-state index in [9.17, 15) is 92.2 Å². The maximum absolute atomic E-state index is 14.5. The molecule has 233 valence electrons. The summed E-state index contributed by atoms with van der Waals surface area (Å²) < 4.78 is 282. The van der Waals surface area contributed by atoms with Crippen molar-refractivity contribution >= 4 is 0 Å². The Bertz CT molecular complexity index is 994. The molecule has 0 bridgehead atoms. The van der Waals surface area contributed by atoms with Crippen LogP contribution in [0.4, 0.5) is 92.2 Å². The van der Waals surface area contributed by atoms with Crippen molar-refractivity contribution < 1.29 is 92.2 Å². The summed E-state index contributed by atoms with van der Waals surface area (Å²) in [4.78, 5) is 0. The molecule has 0 N–H and O–H groups in total. The van der Waals surface area contributed by atoms with Gasteiger partial charge in [0.1, 0.15) is 0 Å². The molecule has 0 aliphatic heterocycles. The summed E-state index contributed by atoms with van der Waals surface area (Å²) in [5.41, 5.74) is -13.8. The summed E-state index contributed by atoms with van der Waals surface area (Å²) in [6.07, 6.45) is -24.5. The van der Waals surface area contributed by atoms with E-state index in [-0.39, 0.29) is 0 Å². The molecule has 0 heterocycles. The molecule has 0 aromatic heterocycles. The second-order valence-corrected chi connectivity index (χ2v) is 7.92. The molecule has 0 saturated carbocycles. The van der Waals surface area contributed by atoms with E-state index in [1.165, 1.54) is 0 Å². The number of hydrogen-bond acceptors (Lipinski definition) is 0. The second-order valence-electron chi connectivity index (χ2n) is 7.92. The maximum atomic E-state index is 14.5. The van der Waals surface area contributed by atoms with E-state index < -0.39 is 108 Å². The highest BCUT2D eigenvalue weighted by Gasteiger charge is 2.78. The van der Waals surface area contributed by atoms with Crippen molar-refractivity contribution in [1.82, 2.24) is 0 Å². The summed E-state index contributed by atoms with van der Waals surface area (Å²) in [6, 6.07) is -3.35. The third kappa shape index (κ3) is 5.36. The van der Waals surface area contributed by atoms with Crippen molar-refractivity contribution in [3.05, 3.63) is 40.8 Å². The van der Waals surface area contributed by atoms with Gasteiger partial charge in [0.05, 0.1) is 0 Å². The fourth-order valence-electron chi connectivity index (χ4n) is 2.92. The van der Waals surface area contributed by atoms with Crippen molar-refractivity contribution in [2.24, 2.45) is 0 Å². The van der Waals surface area contributed by atoms with Crippen LogP contribution in [0, 0.1) is 6.42 Å². The molecule has 0 nitrogen and oxygen atoms in total. The molecule has 1 aromatic rings. The van der Waals surface area contributed by atoms with Gasteiger partial charge in [0, 0.05) is 16.7 Å². The molecule has 1 aromatic carbocycles. The van der Waals surface area contributed by atoms with Crippen LogP contribution < -0.4 is 0 Å². The van der Waals surface area contributed by atoms with Crippen LogP contribution in [0.25, 0.3) is 0 Å². The number of halogens is 21. The van der Waals surface area contributed by atoms with Gasteiger partial charge in [-0.15, -0.1) is 0 Å². The van der Waals surface area contributed by atoms with Gasteiger partial charge < -0.3 is 0 Å². The van der Waals surface area contributed by atoms with Crippen LogP contribution in [0.1, 0.15) is 42.0 Å². The van der Waals surface area contributed by atoms with Gasteiger partial charge in [0.2, 0.25) is 0 Å². The average molecular weight is 637 g/mol. The molecule has 40 heavy (non-hydrogen) atoms. The summed E-state index contributed by atoms with van der Waals surface area (Å²) in [5, 5.41) is 0. The number of benzene rings is 1. The Balaban J connectivity index is 4.53. The van der Waals surface area contributed by atoms with E-state index >= 15 is 0 Å². The molecule has 0 spiro atoms. The monoisotopic (exact) mass is 637 g/mol. The highest BCUT2D eigenvalue weighted by molar-refractivity contribution is 5.51. The van der Waals surface area contributed by atoms with E-state index in [2.05, 4.69) is 0 Å². The number of alkyl halides is 21. The quantitative estimate of drug-likeness (QED) is 0.237. The minimum absolute atomic E-state index is 0.421. The van der Waals surface area contributed by atoms with Crippen LogP contribution in [-0.2, 0) is 17.8 Å². The van der Waals surface area contributed by atoms with Crippen LogP contribution in [0.3, 0.4) is 0 Å². The lowest BCUT2D eigenvalue weighted by atomic mass is 9.83. The first-order valence-electron chi connectivity index (χ1n) is 9.78. The molecule has 1 rings (SSSR count). The molecular formula is C19H10F21. The molecular weight excluding hydrogens is 627 g/mol. The number of rotatable bonds is 9. The Labute approximate surface area is 208 Å². The van der Waals surface area contributed by atoms with E-state index in [1.54, 1.807) is 0 Å². The molecule has 0 amide bonds. The van der Waals surface area contributed by atoms with E-state index in [1.807, 2.05) is 0 Å². The third-order valence-corrected chi connectivity index (χ3v) is 5.11. The molecule has 1 radical (unpaired) electrons. The van der Waals surface area contributed by atoms with E-state index in [4.69, 9.17) is 0 Å². The zero-order valence-corrected chi connectivity index (χ0v) is 18.6. The Morgan fingerprint density at radius 2 is 0.750 bits per heavy atom. The van der Waals surface area contributed by atoms with E-state index in [0.29, 0.717) is 0 Å². The van der Waals surface area contributed by atoms with Gasteiger partial charge >= 0.3 is 54.1 Å². The van der Waals surface area contributed by atoms with Crippen LogP contribution in [-0.4, -0.2) is 36.3 Å². The first-order chi connectivity index (χ1) is 17.3. The van der Waals surface area contributed by atoms with Crippen LogP contribution in [0.2, 0.25) is 0 Å². The molecule has 0 saturated heterocycles. The molecule has 0 aliphatic rings. The van der Waals surface area contributed by atoms with Crippen molar-refractivity contribution in [3.63, 3.8) is 0 Å². The summed E-state index contributed by atoms with van der Waals surface area (Å²) >= 11 is 0. The lowest BCUT2D eigenvalue weighted by Crippen LogP contribution is -2.53. The topological polar surface area (TPSA) is 0 Å². The van der Waals surface area contributed by atoms with Crippen molar-refractivity contribution in [2.75, 3.05) is 0 Å². The summed E-state index contributed by atoms with van der Waals surface area (Å²) in [6.45, 7) is 0.938. The van der Waals surface area contributed by atoms with E-state index in [0.717, 1.165) is 6.92 Å². The smallest absolute Gasteiger partial charge is 0.194 e. The Morgan fingerprint density at radius 3 is 1.00 bits per heavy atom. The first kappa shape index (κ1) is 35.8. The summed E-state index contributed by atoms with van der Waals surface area (Å²) in [5.74, 6) is -44.4. The molecule has 21 heteroatoms. The highest BCUT2D eigenvalue weighted by Crippen LogP contribution is 2.59. The van der Waals surface area contributed by atoms with Gasteiger partial charge in [0.25, 0.3) is 0 Å². The standard InChI is InChI=1S/C19H10F21/c1-2-3-4-8-9(12(22,23)15(28,29)18(35,36)37)5-7(11(20,21)14(26,27)17(32,33)34)6-10(8)13(24,25)16(30,31)19(38,39)40/h4-6H,2-3H2,1H3. The van der Waals surface area contributed by atoms with Crippen molar-refractivity contribution in [3.8, 4) is 0 Å². The largest absolute Gasteiger partial charge is 0.460 e. The van der Waals surface area contributed by atoms with Crippen LogP contribution >= 0.6 is 0 Å². The summed E-state index contributed by atoms with van der Waals surface area (Å²) in [7, 11) is 0.